The van der Waals surface area contributed by atoms with E-state index in [1.165, 1.54) is 5.56 Å². The molecule has 0 N–H and O–H groups in total. The molecule has 0 bridgehead atoms. The van der Waals surface area contributed by atoms with Gasteiger partial charge in [-0.3, -0.25) is 0 Å². The molecule has 0 amide bonds. The van der Waals surface area contributed by atoms with E-state index >= 15 is 0 Å². The molecule has 22 heavy (non-hydrogen) atoms. The van der Waals surface area contributed by atoms with Crippen LogP contribution >= 0.6 is 0 Å². The maximum Gasteiger partial charge on any atom is 0.0991 e. The number of aryl methyl sites for hydroxylation is 1. The number of benzene rings is 2. The SMILES string of the molecule is CCc1ccc(-c2cnnn2Cc2cccc(C#N)c2)cc1. The summed E-state index contributed by atoms with van der Waals surface area (Å²) in [4.78, 5) is 0. The van der Waals surface area contributed by atoms with E-state index in [0.717, 1.165) is 23.2 Å². The third kappa shape index (κ3) is 2.89. The van der Waals surface area contributed by atoms with Crippen LogP contribution in [0.1, 0.15) is 23.6 Å². The monoisotopic (exact) mass is 288 g/mol. The van der Waals surface area contributed by atoms with Crippen LogP contribution in [0.2, 0.25) is 0 Å². The molecule has 0 aliphatic rings. The van der Waals surface area contributed by atoms with Gasteiger partial charge in [-0.05, 0) is 29.7 Å². The maximum absolute atomic E-state index is 8.99. The molecule has 0 fully saturated rings. The van der Waals surface area contributed by atoms with E-state index in [9.17, 15) is 0 Å². The number of hydrogen-bond acceptors (Lipinski definition) is 3. The van der Waals surface area contributed by atoms with Gasteiger partial charge in [0.05, 0.1) is 30.1 Å². The van der Waals surface area contributed by atoms with Crippen molar-refractivity contribution in [3.8, 4) is 17.3 Å². The molecule has 0 unspecified atom stereocenters. The van der Waals surface area contributed by atoms with Gasteiger partial charge in [0.25, 0.3) is 0 Å². The quantitative estimate of drug-likeness (QED) is 0.739. The lowest BCUT2D eigenvalue weighted by molar-refractivity contribution is 0.655. The van der Waals surface area contributed by atoms with E-state index in [-0.39, 0.29) is 0 Å². The van der Waals surface area contributed by atoms with Crippen LogP contribution in [0.3, 0.4) is 0 Å². The van der Waals surface area contributed by atoms with E-state index in [1.54, 1.807) is 12.3 Å². The molecule has 0 spiro atoms. The van der Waals surface area contributed by atoms with Crippen molar-refractivity contribution < 1.29 is 0 Å². The summed E-state index contributed by atoms with van der Waals surface area (Å²) < 4.78 is 1.86. The van der Waals surface area contributed by atoms with Crippen LogP contribution in [-0.4, -0.2) is 15.0 Å². The Hall–Kier alpha value is -2.93. The molecule has 0 aliphatic carbocycles. The predicted molar refractivity (Wildman–Crippen MR) is 85.1 cm³/mol. The molecule has 3 aromatic rings. The van der Waals surface area contributed by atoms with Gasteiger partial charge in [0, 0.05) is 5.56 Å². The van der Waals surface area contributed by atoms with Crippen LogP contribution in [-0.2, 0) is 13.0 Å². The van der Waals surface area contributed by atoms with Crippen LogP contribution in [0.4, 0.5) is 0 Å². The number of aromatic nitrogens is 3. The van der Waals surface area contributed by atoms with Crippen molar-refractivity contribution in [1.29, 1.82) is 5.26 Å². The minimum Gasteiger partial charge on any atom is -0.240 e. The summed E-state index contributed by atoms with van der Waals surface area (Å²) in [6.45, 7) is 2.74. The summed E-state index contributed by atoms with van der Waals surface area (Å²) in [5, 5.41) is 17.2. The second kappa shape index (κ2) is 6.23. The van der Waals surface area contributed by atoms with Gasteiger partial charge in [0.15, 0.2) is 0 Å². The third-order valence-corrected chi connectivity index (χ3v) is 3.66. The highest BCUT2D eigenvalue weighted by Gasteiger charge is 2.07. The molecule has 1 heterocycles. The Kier molecular flexibility index (Phi) is 3.97. The minimum atomic E-state index is 0.598. The lowest BCUT2D eigenvalue weighted by Crippen LogP contribution is -2.04. The van der Waals surface area contributed by atoms with Gasteiger partial charge in [-0.15, -0.1) is 5.10 Å². The molecule has 0 aliphatic heterocycles. The van der Waals surface area contributed by atoms with E-state index < -0.39 is 0 Å². The highest BCUT2D eigenvalue weighted by molar-refractivity contribution is 5.58. The van der Waals surface area contributed by atoms with Crippen LogP contribution in [0.25, 0.3) is 11.3 Å². The summed E-state index contributed by atoms with van der Waals surface area (Å²) in [5.41, 5.74) is 5.08. The first-order valence-corrected chi connectivity index (χ1v) is 7.27. The van der Waals surface area contributed by atoms with Crippen LogP contribution < -0.4 is 0 Å². The lowest BCUT2D eigenvalue weighted by Gasteiger charge is -2.07. The Labute approximate surface area is 129 Å². The molecule has 0 radical (unpaired) electrons. The van der Waals surface area contributed by atoms with Crippen molar-refractivity contribution in [3.05, 3.63) is 71.4 Å². The molecule has 108 valence electrons. The average molecular weight is 288 g/mol. The fraction of sp³-hybridized carbons (Fsp3) is 0.167. The van der Waals surface area contributed by atoms with Crippen molar-refractivity contribution >= 4 is 0 Å². The standard InChI is InChI=1S/C18H16N4/c1-2-14-6-8-17(9-7-14)18-12-20-21-22(18)13-16-5-3-4-15(10-16)11-19/h3-10,12H,2,13H2,1H3. The smallest absolute Gasteiger partial charge is 0.0991 e. The van der Waals surface area contributed by atoms with E-state index in [1.807, 2.05) is 22.9 Å². The van der Waals surface area contributed by atoms with Crippen molar-refractivity contribution in [2.24, 2.45) is 0 Å². The Morgan fingerprint density at radius 2 is 1.91 bits per heavy atom. The van der Waals surface area contributed by atoms with Gasteiger partial charge < -0.3 is 0 Å². The van der Waals surface area contributed by atoms with Gasteiger partial charge in [0.1, 0.15) is 0 Å². The summed E-state index contributed by atoms with van der Waals surface area (Å²) in [5.74, 6) is 0. The number of nitriles is 1. The Balaban J connectivity index is 1.89. The summed E-state index contributed by atoms with van der Waals surface area (Å²) in [6, 6.07) is 18.2. The Morgan fingerprint density at radius 1 is 1.09 bits per heavy atom. The molecule has 4 heteroatoms. The fourth-order valence-corrected chi connectivity index (χ4v) is 2.42. The zero-order chi connectivity index (χ0) is 15.4. The second-order valence-corrected chi connectivity index (χ2v) is 5.14. The molecule has 3 rings (SSSR count). The molecule has 0 atom stereocenters. The van der Waals surface area contributed by atoms with Crippen molar-refractivity contribution in [3.63, 3.8) is 0 Å². The van der Waals surface area contributed by atoms with Gasteiger partial charge in [-0.1, -0.05) is 48.5 Å². The normalized spacial score (nSPS) is 10.4. The lowest BCUT2D eigenvalue weighted by atomic mass is 10.1. The van der Waals surface area contributed by atoms with Crippen molar-refractivity contribution in [1.82, 2.24) is 15.0 Å². The Bertz CT molecular complexity index is 810. The number of rotatable bonds is 4. The van der Waals surface area contributed by atoms with Gasteiger partial charge in [-0.2, -0.15) is 5.26 Å². The number of hydrogen-bond donors (Lipinski definition) is 0. The van der Waals surface area contributed by atoms with E-state index in [2.05, 4.69) is 47.6 Å². The topological polar surface area (TPSA) is 54.5 Å². The molecule has 2 aromatic carbocycles. The fourth-order valence-electron chi connectivity index (χ4n) is 2.42. The first-order valence-electron chi connectivity index (χ1n) is 7.27. The molecule has 4 nitrogen and oxygen atoms in total. The molecule has 1 aromatic heterocycles. The molecular weight excluding hydrogens is 272 g/mol. The predicted octanol–water partition coefficient (Wildman–Crippen LogP) is 3.43. The van der Waals surface area contributed by atoms with Gasteiger partial charge >= 0.3 is 0 Å². The van der Waals surface area contributed by atoms with Crippen LogP contribution in [0.15, 0.2) is 54.7 Å². The van der Waals surface area contributed by atoms with Crippen LogP contribution in [0, 0.1) is 11.3 Å². The minimum absolute atomic E-state index is 0.598. The van der Waals surface area contributed by atoms with Crippen LogP contribution in [0.5, 0.6) is 0 Å². The molecule has 0 saturated carbocycles. The average Bonchev–Trinajstić information content (AvgIpc) is 3.03. The summed E-state index contributed by atoms with van der Waals surface area (Å²) in [6.07, 6.45) is 2.80. The van der Waals surface area contributed by atoms with Crippen molar-refractivity contribution in [2.45, 2.75) is 19.9 Å². The highest BCUT2D eigenvalue weighted by Crippen LogP contribution is 2.20. The zero-order valence-electron chi connectivity index (χ0n) is 12.4. The largest absolute Gasteiger partial charge is 0.240 e. The molecular formula is C18H16N4. The zero-order valence-corrected chi connectivity index (χ0v) is 12.4. The third-order valence-electron chi connectivity index (χ3n) is 3.66. The van der Waals surface area contributed by atoms with Crippen molar-refractivity contribution in [2.75, 3.05) is 0 Å². The highest BCUT2D eigenvalue weighted by atomic mass is 15.4. The summed E-state index contributed by atoms with van der Waals surface area (Å²) >= 11 is 0. The van der Waals surface area contributed by atoms with Gasteiger partial charge in [-0.25, -0.2) is 4.68 Å². The maximum atomic E-state index is 8.99. The first kappa shape index (κ1) is 14.0. The second-order valence-electron chi connectivity index (χ2n) is 5.14. The van der Waals surface area contributed by atoms with E-state index in [0.29, 0.717) is 12.1 Å². The Morgan fingerprint density at radius 3 is 2.64 bits per heavy atom. The van der Waals surface area contributed by atoms with Gasteiger partial charge in [0.2, 0.25) is 0 Å². The number of nitrogens with zero attached hydrogens (tertiary/aromatic N) is 4. The summed E-state index contributed by atoms with van der Waals surface area (Å²) in [7, 11) is 0. The molecule has 0 saturated heterocycles. The van der Waals surface area contributed by atoms with E-state index in [4.69, 9.17) is 5.26 Å². The first-order chi connectivity index (χ1) is 10.8.